The predicted molar refractivity (Wildman–Crippen MR) is 112 cm³/mol. The van der Waals surface area contributed by atoms with Crippen LogP contribution in [0.3, 0.4) is 0 Å². The second kappa shape index (κ2) is 8.33. The van der Waals surface area contributed by atoms with Gasteiger partial charge in [-0.3, -0.25) is 19.1 Å². The van der Waals surface area contributed by atoms with Crippen molar-refractivity contribution in [1.82, 2.24) is 14.3 Å². The van der Waals surface area contributed by atoms with E-state index in [0.717, 1.165) is 18.3 Å². The highest BCUT2D eigenvalue weighted by Crippen LogP contribution is 2.37. The van der Waals surface area contributed by atoms with E-state index in [1.807, 2.05) is 4.90 Å². The predicted octanol–water partition coefficient (Wildman–Crippen LogP) is 3.47. The molecule has 33 heavy (non-hydrogen) atoms. The van der Waals surface area contributed by atoms with Crippen LogP contribution < -0.4 is 5.56 Å². The number of pyridine rings is 3. The minimum atomic E-state index is -4.52. The molecule has 1 aliphatic rings. The number of carboxylic acids is 1. The third-order valence-corrected chi connectivity index (χ3v) is 6.08. The van der Waals surface area contributed by atoms with Crippen LogP contribution in [0.2, 0.25) is 0 Å². The van der Waals surface area contributed by atoms with Gasteiger partial charge in [0, 0.05) is 32.0 Å². The number of hydrogen-bond acceptors (Lipinski definition) is 5. The molecule has 0 bridgehead atoms. The average Bonchev–Trinajstić information content (AvgIpc) is 2.81. The Morgan fingerprint density at radius 3 is 2.58 bits per heavy atom. The maximum atomic E-state index is 13.1. The highest BCUT2D eigenvalue weighted by Gasteiger charge is 2.40. The largest absolute Gasteiger partial charge is 0.477 e. The number of fused-ring (bicyclic) bond motifs is 1. The van der Waals surface area contributed by atoms with Crippen LogP contribution in [0.25, 0.3) is 5.52 Å². The van der Waals surface area contributed by atoms with Gasteiger partial charge in [-0.2, -0.15) is 18.4 Å². The van der Waals surface area contributed by atoms with Crippen LogP contribution in [-0.4, -0.2) is 38.4 Å². The molecule has 170 valence electrons. The number of likely N-dealkylation sites (tertiary alicyclic amines) is 1. The summed E-state index contributed by atoms with van der Waals surface area (Å²) in [7, 11) is 0. The smallest absolute Gasteiger partial charge is 0.416 e. The Morgan fingerprint density at radius 2 is 1.94 bits per heavy atom. The first-order chi connectivity index (χ1) is 15.6. The Balaban J connectivity index is 1.60. The Hall–Kier alpha value is -3.71. The summed E-state index contributed by atoms with van der Waals surface area (Å²) >= 11 is 0. The van der Waals surface area contributed by atoms with Gasteiger partial charge in [0.1, 0.15) is 11.0 Å². The van der Waals surface area contributed by atoms with Gasteiger partial charge in [0.2, 0.25) is 0 Å². The van der Waals surface area contributed by atoms with Crippen LogP contribution in [0.15, 0.2) is 53.6 Å². The number of carbonyl (C=O) groups is 1. The molecule has 0 aromatic carbocycles. The molecule has 0 unspecified atom stereocenters. The standard InChI is InChI=1S/C23H19F3N4O3/c24-23(25,26)16-4-7-28-19(12-16)22(14-27)5-9-29(10-6-22)13-15-11-17(21(32)33)20(31)30-8-2-1-3-18(15)30/h1-4,7-8,11-12H,5-6,9-10,13H2,(H,32,33). The summed E-state index contributed by atoms with van der Waals surface area (Å²) in [4.78, 5) is 30.0. The third-order valence-electron chi connectivity index (χ3n) is 6.08. The van der Waals surface area contributed by atoms with E-state index in [0.29, 0.717) is 30.7 Å². The third kappa shape index (κ3) is 4.19. The molecule has 1 N–H and O–H groups in total. The van der Waals surface area contributed by atoms with Crippen molar-refractivity contribution < 1.29 is 23.1 Å². The van der Waals surface area contributed by atoms with Crippen molar-refractivity contribution in [2.75, 3.05) is 13.1 Å². The van der Waals surface area contributed by atoms with Crippen LogP contribution in [-0.2, 0) is 18.1 Å². The Labute approximate surface area is 186 Å². The van der Waals surface area contributed by atoms with Crippen molar-refractivity contribution in [2.24, 2.45) is 0 Å². The van der Waals surface area contributed by atoms with Crippen LogP contribution >= 0.6 is 0 Å². The van der Waals surface area contributed by atoms with E-state index < -0.39 is 28.7 Å². The summed E-state index contributed by atoms with van der Waals surface area (Å²) < 4.78 is 40.7. The zero-order chi connectivity index (χ0) is 23.8. The number of alkyl halides is 3. The number of hydrogen-bond donors (Lipinski definition) is 1. The molecule has 10 heteroatoms. The van der Waals surface area contributed by atoms with Gasteiger partial charge in [-0.1, -0.05) is 6.07 Å². The first-order valence-electron chi connectivity index (χ1n) is 10.2. The number of halogens is 3. The lowest BCUT2D eigenvalue weighted by molar-refractivity contribution is -0.137. The molecule has 1 aliphatic heterocycles. The highest BCUT2D eigenvalue weighted by molar-refractivity contribution is 5.88. The quantitative estimate of drug-likeness (QED) is 0.646. The Morgan fingerprint density at radius 1 is 1.21 bits per heavy atom. The fourth-order valence-corrected chi connectivity index (χ4v) is 4.23. The minimum absolute atomic E-state index is 0.101. The zero-order valence-electron chi connectivity index (χ0n) is 17.3. The Kier molecular flexibility index (Phi) is 5.68. The highest BCUT2D eigenvalue weighted by atomic mass is 19.4. The first kappa shape index (κ1) is 22.5. The molecular weight excluding hydrogens is 437 g/mol. The molecule has 3 aromatic rings. The van der Waals surface area contributed by atoms with Crippen LogP contribution in [0.4, 0.5) is 13.2 Å². The lowest BCUT2D eigenvalue weighted by Gasteiger charge is -2.37. The topological polar surface area (TPSA) is 98.7 Å². The number of aromatic carboxylic acids is 1. The van der Waals surface area contributed by atoms with Crippen molar-refractivity contribution in [3.8, 4) is 6.07 Å². The molecule has 0 aliphatic carbocycles. The van der Waals surface area contributed by atoms with Gasteiger partial charge >= 0.3 is 12.1 Å². The monoisotopic (exact) mass is 456 g/mol. The lowest BCUT2D eigenvalue weighted by atomic mass is 9.76. The first-order valence-corrected chi connectivity index (χ1v) is 10.2. The van der Waals surface area contributed by atoms with Crippen molar-refractivity contribution in [2.45, 2.75) is 31.0 Å². The fraction of sp³-hybridized carbons (Fsp3) is 0.304. The lowest BCUT2D eigenvalue weighted by Crippen LogP contribution is -2.42. The molecule has 0 amide bonds. The second-order valence-corrected chi connectivity index (χ2v) is 8.05. The second-order valence-electron chi connectivity index (χ2n) is 8.05. The summed E-state index contributed by atoms with van der Waals surface area (Å²) in [6.07, 6.45) is -1.40. The molecule has 4 heterocycles. The molecule has 3 aromatic heterocycles. The fourth-order valence-electron chi connectivity index (χ4n) is 4.23. The molecule has 1 saturated heterocycles. The van der Waals surface area contributed by atoms with E-state index in [4.69, 9.17) is 0 Å². The van der Waals surface area contributed by atoms with Gasteiger partial charge in [0.05, 0.1) is 22.8 Å². The molecule has 0 radical (unpaired) electrons. The van der Waals surface area contributed by atoms with Crippen molar-refractivity contribution in [1.29, 1.82) is 5.26 Å². The zero-order valence-corrected chi connectivity index (χ0v) is 17.3. The maximum absolute atomic E-state index is 13.1. The van der Waals surface area contributed by atoms with Crippen molar-refractivity contribution in [3.63, 3.8) is 0 Å². The number of nitrogens with zero attached hydrogens (tertiary/aromatic N) is 4. The molecule has 7 nitrogen and oxygen atoms in total. The van der Waals surface area contributed by atoms with Gasteiger partial charge in [0.15, 0.2) is 0 Å². The minimum Gasteiger partial charge on any atom is -0.477 e. The van der Waals surface area contributed by atoms with Crippen LogP contribution in [0.5, 0.6) is 0 Å². The molecular formula is C23H19F3N4O3. The van der Waals surface area contributed by atoms with E-state index in [9.17, 15) is 33.1 Å². The van der Waals surface area contributed by atoms with Crippen LogP contribution in [0, 0.1) is 11.3 Å². The van der Waals surface area contributed by atoms with E-state index in [1.165, 1.54) is 16.7 Å². The Bertz CT molecular complexity index is 1320. The van der Waals surface area contributed by atoms with Crippen LogP contribution in [0.1, 0.15) is 40.0 Å². The molecule has 1 fully saturated rings. The summed E-state index contributed by atoms with van der Waals surface area (Å²) in [6.45, 7) is 1.11. The average molecular weight is 456 g/mol. The summed E-state index contributed by atoms with van der Waals surface area (Å²) in [5.74, 6) is -1.32. The SMILES string of the molecule is N#CC1(c2cc(C(F)(F)F)ccn2)CCN(Cc2cc(C(=O)O)c(=O)n3ccccc23)CC1. The van der Waals surface area contributed by atoms with Gasteiger partial charge in [-0.05, 0) is 48.7 Å². The number of carboxylic acid groups (broad SMARTS) is 1. The van der Waals surface area contributed by atoms with E-state index >= 15 is 0 Å². The summed E-state index contributed by atoms with van der Waals surface area (Å²) in [5, 5.41) is 19.3. The van der Waals surface area contributed by atoms with E-state index in [1.54, 1.807) is 18.2 Å². The normalized spacial score (nSPS) is 16.4. The molecule has 0 saturated carbocycles. The number of piperidine rings is 1. The summed E-state index contributed by atoms with van der Waals surface area (Å²) in [6, 6.07) is 10.5. The van der Waals surface area contributed by atoms with Gasteiger partial charge in [-0.15, -0.1) is 0 Å². The summed E-state index contributed by atoms with van der Waals surface area (Å²) in [5.41, 5.74) is -1.64. The number of nitriles is 1. The van der Waals surface area contributed by atoms with Gasteiger partial charge < -0.3 is 5.11 Å². The number of rotatable bonds is 4. The van der Waals surface area contributed by atoms with Crippen molar-refractivity contribution >= 4 is 11.5 Å². The van der Waals surface area contributed by atoms with Gasteiger partial charge in [0.25, 0.3) is 5.56 Å². The van der Waals surface area contributed by atoms with Gasteiger partial charge in [-0.25, -0.2) is 4.79 Å². The van der Waals surface area contributed by atoms with Crippen molar-refractivity contribution in [3.05, 3.63) is 81.5 Å². The molecule has 0 atom stereocenters. The molecule has 0 spiro atoms. The molecule has 4 rings (SSSR count). The van der Waals surface area contributed by atoms with E-state index in [-0.39, 0.29) is 24.1 Å². The van der Waals surface area contributed by atoms with E-state index in [2.05, 4.69) is 11.1 Å². The number of aromatic nitrogens is 2. The maximum Gasteiger partial charge on any atom is 0.416 e.